The summed E-state index contributed by atoms with van der Waals surface area (Å²) in [6, 6.07) is 6.73. The Labute approximate surface area is 164 Å². The molecule has 0 aliphatic carbocycles. The average molecular weight is 411 g/mol. The number of hydrogen-bond donors (Lipinski definition) is 0. The van der Waals surface area contributed by atoms with E-state index in [1.165, 1.54) is 4.31 Å². The summed E-state index contributed by atoms with van der Waals surface area (Å²) in [6.45, 7) is 4.95. The van der Waals surface area contributed by atoms with Crippen LogP contribution in [0.4, 0.5) is 0 Å². The highest BCUT2D eigenvalue weighted by Gasteiger charge is 2.32. The van der Waals surface area contributed by atoms with Crippen LogP contribution in [0.3, 0.4) is 0 Å². The molecule has 146 valence electrons. The fraction of sp³-hybridized carbons (Fsp3) is 0.444. The molecule has 1 aromatic carbocycles. The van der Waals surface area contributed by atoms with E-state index in [0.717, 1.165) is 0 Å². The minimum Gasteiger partial charge on any atom is -0.337 e. The maximum atomic E-state index is 13.1. The van der Waals surface area contributed by atoms with Crippen molar-refractivity contribution < 1.29 is 13.2 Å². The first-order valence-corrected chi connectivity index (χ1v) is 10.6. The van der Waals surface area contributed by atoms with E-state index in [0.29, 0.717) is 48.0 Å². The smallest absolute Gasteiger partial charge is 0.253 e. The van der Waals surface area contributed by atoms with Crippen LogP contribution >= 0.6 is 11.6 Å². The lowest BCUT2D eigenvalue weighted by Gasteiger charge is -2.22. The van der Waals surface area contributed by atoms with Crippen molar-refractivity contribution in [3.63, 3.8) is 0 Å². The summed E-state index contributed by atoms with van der Waals surface area (Å²) >= 11 is 5.88. The first kappa shape index (κ1) is 19.9. The molecule has 7 nitrogen and oxygen atoms in total. The molecular weight excluding hydrogens is 388 g/mol. The number of rotatable bonds is 3. The lowest BCUT2D eigenvalue weighted by molar-refractivity contribution is 0.0764. The van der Waals surface area contributed by atoms with Gasteiger partial charge in [-0.1, -0.05) is 11.6 Å². The number of sulfonamides is 1. The Hall–Kier alpha value is -1.90. The maximum absolute atomic E-state index is 13.1. The van der Waals surface area contributed by atoms with E-state index in [4.69, 9.17) is 11.6 Å². The number of amides is 1. The number of aromatic nitrogens is 2. The molecule has 0 spiro atoms. The van der Waals surface area contributed by atoms with Gasteiger partial charge in [-0.2, -0.15) is 9.40 Å². The van der Waals surface area contributed by atoms with Gasteiger partial charge in [0.1, 0.15) is 4.90 Å². The molecule has 1 amide bonds. The van der Waals surface area contributed by atoms with Crippen LogP contribution in [0.25, 0.3) is 0 Å². The molecule has 0 N–H and O–H groups in total. The number of carbonyl (C=O) groups excluding carboxylic acids is 1. The van der Waals surface area contributed by atoms with Crippen molar-refractivity contribution in [3.8, 4) is 0 Å². The van der Waals surface area contributed by atoms with Crippen LogP contribution in [-0.4, -0.2) is 59.5 Å². The quantitative estimate of drug-likeness (QED) is 0.777. The van der Waals surface area contributed by atoms with Gasteiger partial charge in [-0.15, -0.1) is 0 Å². The Kier molecular flexibility index (Phi) is 5.60. The molecule has 3 rings (SSSR count). The Morgan fingerprint density at radius 1 is 1.07 bits per heavy atom. The van der Waals surface area contributed by atoms with Crippen molar-refractivity contribution in [1.29, 1.82) is 0 Å². The summed E-state index contributed by atoms with van der Waals surface area (Å²) in [5.74, 6) is -0.111. The zero-order chi connectivity index (χ0) is 19.8. The van der Waals surface area contributed by atoms with Crippen LogP contribution < -0.4 is 0 Å². The first-order valence-electron chi connectivity index (χ1n) is 8.77. The fourth-order valence-electron chi connectivity index (χ4n) is 3.37. The summed E-state index contributed by atoms with van der Waals surface area (Å²) in [6.07, 6.45) is 0.580. The second-order valence-corrected chi connectivity index (χ2v) is 8.99. The number of aryl methyl sites for hydroxylation is 2. The molecule has 9 heteroatoms. The van der Waals surface area contributed by atoms with Crippen molar-refractivity contribution >= 4 is 27.5 Å². The third-order valence-corrected chi connectivity index (χ3v) is 7.28. The largest absolute Gasteiger partial charge is 0.337 e. The SMILES string of the molecule is Cc1nn(C)c(C)c1S(=O)(=O)N1CCCN(C(=O)c2ccc(Cl)cc2)CC1. The van der Waals surface area contributed by atoms with Gasteiger partial charge >= 0.3 is 0 Å². The Morgan fingerprint density at radius 3 is 2.33 bits per heavy atom. The van der Waals surface area contributed by atoms with Crippen LogP contribution in [0.2, 0.25) is 5.02 Å². The van der Waals surface area contributed by atoms with Gasteiger partial charge in [0.15, 0.2) is 0 Å². The summed E-state index contributed by atoms with van der Waals surface area (Å²) < 4.78 is 29.3. The minimum absolute atomic E-state index is 0.111. The van der Waals surface area contributed by atoms with E-state index < -0.39 is 10.0 Å². The van der Waals surface area contributed by atoms with Gasteiger partial charge in [0.2, 0.25) is 10.0 Å². The molecule has 1 aliphatic heterocycles. The van der Waals surface area contributed by atoms with E-state index in [2.05, 4.69) is 5.10 Å². The molecule has 0 unspecified atom stereocenters. The van der Waals surface area contributed by atoms with Gasteiger partial charge < -0.3 is 4.90 Å². The summed E-state index contributed by atoms with van der Waals surface area (Å²) in [5, 5.41) is 4.79. The normalized spacial score (nSPS) is 16.4. The Balaban J connectivity index is 1.78. The van der Waals surface area contributed by atoms with Gasteiger partial charge in [0.25, 0.3) is 5.91 Å². The molecule has 1 fully saturated rings. The highest BCUT2D eigenvalue weighted by atomic mass is 35.5. The van der Waals surface area contributed by atoms with Crippen molar-refractivity contribution in [2.45, 2.75) is 25.2 Å². The summed E-state index contributed by atoms with van der Waals surface area (Å²) in [5.41, 5.74) is 1.66. The maximum Gasteiger partial charge on any atom is 0.253 e. The first-order chi connectivity index (χ1) is 12.7. The topological polar surface area (TPSA) is 75.5 Å². The zero-order valence-electron chi connectivity index (χ0n) is 15.6. The number of halogens is 1. The molecule has 0 saturated carbocycles. The predicted molar refractivity (Wildman–Crippen MR) is 103 cm³/mol. The molecule has 1 aromatic heterocycles. The van der Waals surface area contributed by atoms with Gasteiger partial charge in [0.05, 0.1) is 11.4 Å². The number of carbonyl (C=O) groups is 1. The third kappa shape index (κ3) is 3.88. The summed E-state index contributed by atoms with van der Waals surface area (Å²) in [7, 11) is -1.92. The molecule has 0 radical (unpaired) electrons. The number of benzene rings is 1. The fourth-order valence-corrected chi connectivity index (χ4v) is 5.36. The third-order valence-electron chi connectivity index (χ3n) is 4.87. The van der Waals surface area contributed by atoms with Gasteiger partial charge in [-0.3, -0.25) is 9.48 Å². The number of nitrogens with zero attached hydrogens (tertiary/aromatic N) is 4. The average Bonchev–Trinajstić information content (AvgIpc) is 2.81. The van der Waals surface area contributed by atoms with Crippen molar-refractivity contribution in [1.82, 2.24) is 19.0 Å². The Morgan fingerprint density at radius 2 is 1.74 bits per heavy atom. The Bertz CT molecular complexity index is 954. The van der Waals surface area contributed by atoms with E-state index in [1.54, 1.807) is 54.7 Å². The van der Waals surface area contributed by atoms with Crippen molar-refractivity contribution in [2.75, 3.05) is 26.2 Å². The van der Waals surface area contributed by atoms with Crippen LogP contribution in [0, 0.1) is 13.8 Å². The van der Waals surface area contributed by atoms with E-state index in [1.807, 2.05) is 0 Å². The van der Waals surface area contributed by atoms with Gasteiger partial charge in [-0.05, 0) is 44.5 Å². The molecular formula is C18H23ClN4O3S. The van der Waals surface area contributed by atoms with Crippen LogP contribution in [0.15, 0.2) is 29.2 Å². The standard InChI is InChI=1S/C18H23ClN4O3S/c1-13-17(14(2)21(3)20-13)27(25,26)23-10-4-9-22(11-12-23)18(24)15-5-7-16(19)8-6-15/h5-8H,4,9-12H2,1-3H3. The lowest BCUT2D eigenvalue weighted by Crippen LogP contribution is -2.37. The lowest BCUT2D eigenvalue weighted by atomic mass is 10.2. The van der Waals surface area contributed by atoms with Gasteiger partial charge in [0, 0.05) is 43.8 Å². The van der Waals surface area contributed by atoms with Gasteiger partial charge in [-0.25, -0.2) is 8.42 Å². The summed E-state index contributed by atoms with van der Waals surface area (Å²) in [4.78, 5) is 14.7. The molecule has 0 bridgehead atoms. The number of hydrogen-bond acceptors (Lipinski definition) is 4. The monoisotopic (exact) mass is 410 g/mol. The second kappa shape index (κ2) is 7.61. The molecule has 2 aromatic rings. The predicted octanol–water partition coefficient (Wildman–Crippen LogP) is 2.23. The van der Waals surface area contributed by atoms with Crippen LogP contribution in [0.1, 0.15) is 28.2 Å². The van der Waals surface area contributed by atoms with Crippen LogP contribution in [0.5, 0.6) is 0 Å². The van der Waals surface area contributed by atoms with E-state index in [9.17, 15) is 13.2 Å². The van der Waals surface area contributed by atoms with Crippen molar-refractivity contribution in [3.05, 3.63) is 46.2 Å². The second-order valence-electron chi connectivity index (χ2n) is 6.68. The minimum atomic E-state index is -3.65. The molecule has 27 heavy (non-hydrogen) atoms. The van der Waals surface area contributed by atoms with E-state index >= 15 is 0 Å². The molecule has 1 aliphatic rings. The molecule has 2 heterocycles. The molecule has 1 saturated heterocycles. The van der Waals surface area contributed by atoms with E-state index in [-0.39, 0.29) is 17.3 Å². The van der Waals surface area contributed by atoms with Crippen molar-refractivity contribution in [2.24, 2.45) is 7.05 Å². The highest BCUT2D eigenvalue weighted by Crippen LogP contribution is 2.24. The molecule has 0 atom stereocenters. The zero-order valence-corrected chi connectivity index (χ0v) is 17.2. The highest BCUT2D eigenvalue weighted by molar-refractivity contribution is 7.89. The van der Waals surface area contributed by atoms with Crippen LogP contribution in [-0.2, 0) is 17.1 Å².